The fraction of sp³-hybridized carbons (Fsp3) is 0.200. The summed E-state index contributed by atoms with van der Waals surface area (Å²) in [6.45, 7) is 7.10. The van der Waals surface area contributed by atoms with Crippen LogP contribution in [0, 0.1) is 10.8 Å². The van der Waals surface area contributed by atoms with Crippen LogP contribution in [0.1, 0.15) is 13.8 Å². The second-order valence-electron chi connectivity index (χ2n) is 2.40. The van der Waals surface area contributed by atoms with Crippen molar-refractivity contribution in [2.24, 2.45) is 0 Å². The second kappa shape index (κ2) is 5.24. The number of hydrogen-bond donors (Lipinski definition) is 2. The van der Waals surface area contributed by atoms with Crippen molar-refractivity contribution < 1.29 is 0 Å². The summed E-state index contributed by atoms with van der Waals surface area (Å²) in [6.07, 6.45) is 6.67. The van der Waals surface area contributed by atoms with Crippen molar-refractivity contribution >= 4 is 11.4 Å². The molecule has 0 rings (SSSR count). The van der Waals surface area contributed by atoms with Crippen LogP contribution in [-0.2, 0) is 0 Å². The van der Waals surface area contributed by atoms with Crippen LogP contribution in [-0.4, -0.2) is 11.4 Å². The normalized spacial score (nSPS) is 11.7. The molecule has 0 amide bonds. The molecule has 0 atom stereocenters. The van der Waals surface area contributed by atoms with Crippen molar-refractivity contribution in [1.29, 1.82) is 10.8 Å². The van der Waals surface area contributed by atoms with Gasteiger partial charge in [0.05, 0.1) is 5.71 Å². The fourth-order valence-electron chi connectivity index (χ4n) is 0.743. The van der Waals surface area contributed by atoms with Gasteiger partial charge in [0.1, 0.15) is 0 Å². The summed E-state index contributed by atoms with van der Waals surface area (Å²) in [7, 11) is 0. The van der Waals surface area contributed by atoms with Crippen molar-refractivity contribution in [1.82, 2.24) is 0 Å². The Kier molecular flexibility index (Phi) is 4.61. The Morgan fingerprint density at radius 2 is 1.92 bits per heavy atom. The molecule has 0 unspecified atom stereocenters. The van der Waals surface area contributed by atoms with Crippen molar-refractivity contribution in [3.05, 3.63) is 36.5 Å². The van der Waals surface area contributed by atoms with Gasteiger partial charge < -0.3 is 10.8 Å². The summed E-state index contributed by atoms with van der Waals surface area (Å²) >= 11 is 0. The first-order chi connectivity index (χ1) is 5.61. The first-order valence-corrected chi connectivity index (χ1v) is 3.72. The predicted octanol–water partition coefficient (Wildman–Crippen LogP) is 2.73. The van der Waals surface area contributed by atoms with Gasteiger partial charge in [-0.2, -0.15) is 0 Å². The van der Waals surface area contributed by atoms with Crippen LogP contribution >= 0.6 is 0 Å². The molecule has 2 nitrogen and oxygen atoms in total. The molecule has 0 aliphatic heterocycles. The van der Waals surface area contributed by atoms with Gasteiger partial charge in [-0.25, -0.2) is 0 Å². The lowest BCUT2D eigenvalue weighted by Gasteiger charge is -1.97. The van der Waals surface area contributed by atoms with E-state index in [1.807, 2.05) is 6.92 Å². The third kappa shape index (κ3) is 3.66. The van der Waals surface area contributed by atoms with Gasteiger partial charge in [0.15, 0.2) is 0 Å². The van der Waals surface area contributed by atoms with Crippen LogP contribution < -0.4 is 0 Å². The van der Waals surface area contributed by atoms with Crippen LogP contribution in [0.2, 0.25) is 0 Å². The maximum absolute atomic E-state index is 7.52. The first kappa shape index (κ1) is 10.6. The summed E-state index contributed by atoms with van der Waals surface area (Å²) in [4.78, 5) is 0. The molecule has 12 heavy (non-hydrogen) atoms. The Balaban J connectivity index is 4.67. The summed E-state index contributed by atoms with van der Waals surface area (Å²) < 4.78 is 0. The van der Waals surface area contributed by atoms with E-state index in [0.29, 0.717) is 17.0 Å². The highest BCUT2D eigenvalue weighted by atomic mass is 14.4. The molecule has 0 saturated heterocycles. The molecule has 0 heterocycles. The van der Waals surface area contributed by atoms with Crippen molar-refractivity contribution in [3.63, 3.8) is 0 Å². The monoisotopic (exact) mass is 162 g/mol. The van der Waals surface area contributed by atoms with E-state index < -0.39 is 0 Å². The smallest absolute Gasteiger partial charge is 0.0609 e. The predicted molar refractivity (Wildman–Crippen MR) is 54.2 cm³/mol. The minimum atomic E-state index is 0.388. The van der Waals surface area contributed by atoms with E-state index in [2.05, 4.69) is 6.58 Å². The summed E-state index contributed by atoms with van der Waals surface area (Å²) in [5, 5.41) is 14.7. The first-order valence-electron chi connectivity index (χ1n) is 3.72. The van der Waals surface area contributed by atoms with Crippen LogP contribution in [0.4, 0.5) is 0 Å². The molecule has 0 aromatic heterocycles. The van der Waals surface area contributed by atoms with Gasteiger partial charge >= 0.3 is 0 Å². The van der Waals surface area contributed by atoms with Crippen LogP contribution in [0.3, 0.4) is 0 Å². The lowest BCUT2D eigenvalue weighted by Crippen LogP contribution is -1.96. The number of allylic oxidation sites excluding steroid dienone is 5. The summed E-state index contributed by atoms with van der Waals surface area (Å²) in [5.74, 6) is 0. The highest BCUT2D eigenvalue weighted by Gasteiger charge is 1.95. The van der Waals surface area contributed by atoms with E-state index in [0.717, 1.165) is 0 Å². The Hall–Kier alpha value is -1.44. The molecule has 2 heteroatoms. The zero-order valence-electron chi connectivity index (χ0n) is 7.52. The molecule has 0 aliphatic rings. The third-order valence-corrected chi connectivity index (χ3v) is 1.24. The molecular formula is C10H14N2. The zero-order chi connectivity index (χ0) is 9.56. The molecule has 2 N–H and O–H groups in total. The van der Waals surface area contributed by atoms with Crippen LogP contribution in [0.25, 0.3) is 0 Å². The lowest BCUT2D eigenvalue weighted by molar-refractivity contribution is 1.47. The van der Waals surface area contributed by atoms with E-state index in [9.17, 15) is 0 Å². The second-order valence-corrected chi connectivity index (χ2v) is 2.40. The maximum atomic E-state index is 7.52. The van der Waals surface area contributed by atoms with Crippen molar-refractivity contribution in [2.75, 3.05) is 0 Å². The van der Waals surface area contributed by atoms with E-state index in [1.165, 1.54) is 0 Å². The molecule has 0 radical (unpaired) electrons. The number of hydrogen-bond acceptors (Lipinski definition) is 2. The van der Waals surface area contributed by atoms with Gasteiger partial charge in [0.25, 0.3) is 0 Å². The standard InChI is InChI=1S/C10H14N2/c1-4-6-10(12)9(5-2)7-8(3)11/h4-7,11-12H,2H2,1,3H3/b6-4-,9-7-,11-8?,12-10?. The van der Waals surface area contributed by atoms with E-state index in [1.54, 1.807) is 31.2 Å². The topological polar surface area (TPSA) is 47.7 Å². The van der Waals surface area contributed by atoms with Gasteiger partial charge in [-0.15, -0.1) is 0 Å². The molecule has 0 aliphatic carbocycles. The van der Waals surface area contributed by atoms with Gasteiger partial charge in [-0.05, 0) is 26.0 Å². The van der Waals surface area contributed by atoms with E-state index in [-0.39, 0.29) is 0 Å². The quantitative estimate of drug-likeness (QED) is 0.471. The Bertz CT molecular complexity index is 257. The van der Waals surface area contributed by atoms with Crippen molar-refractivity contribution in [3.8, 4) is 0 Å². The van der Waals surface area contributed by atoms with E-state index >= 15 is 0 Å². The minimum Gasteiger partial charge on any atom is -0.306 e. The molecule has 0 aromatic rings. The fourth-order valence-corrected chi connectivity index (χ4v) is 0.743. The lowest BCUT2D eigenvalue weighted by atomic mass is 10.1. The van der Waals surface area contributed by atoms with E-state index in [4.69, 9.17) is 10.8 Å². The zero-order valence-corrected chi connectivity index (χ0v) is 7.52. The highest BCUT2D eigenvalue weighted by molar-refractivity contribution is 6.11. The van der Waals surface area contributed by atoms with Crippen LogP contribution in [0.5, 0.6) is 0 Å². The molecule has 0 spiro atoms. The summed E-state index contributed by atoms with van der Waals surface area (Å²) in [6, 6.07) is 0. The average Bonchev–Trinajstić information content (AvgIpc) is 2.00. The largest absolute Gasteiger partial charge is 0.306 e. The molecule has 0 fully saturated rings. The SMILES string of the molecule is C=C/C(=C/C(C)=N)C(=N)/C=C\C. The molecule has 0 aromatic carbocycles. The average molecular weight is 162 g/mol. The van der Waals surface area contributed by atoms with Gasteiger partial charge in [0, 0.05) is 11.3 Å². The summed E-state index contributed by atoms with van der Waals surface area (Å²) in [5.41, 5.74) is 1.50. The van der Waals surface area contributed by atoms with Crippen molar-refractivity contribution in [2.45, 2.75) is 13.8 Å². The Morgan fingerprint density at radius 1 is 1.33 bits per heavy atom. The number of rotatable bonds is 4. The molecule has 0 saturated carbocycles. The molecule has 64 valence electrons. The van der Waals surface area contributed by atoms with Gasteiger partial charge in [-0.3, -0.25) is 0 Å². The number of nitrogens with one attached hydrogen (secondary N) is 2. The highest BCUT2D eigenvalue weighted by Crippen LogP contribution is 2.00. The van der Waals surface area contributed by atoms with Crippen LogP contribution in [0.15, 0.2) is 36.5 Å². The van der Waals surface area contributed by atoms with Gasteiger partial charge in [-0.1, -0.05) is 18.7 Å². The van der Waals surface area contributed by atoms with Gasteiger partial charge in [0.2, 0.25) is 0 Å². The third-order valence-electron chi connectivity index (χ3n) is 1.24. The maximum Gasteiger partial charge on any atom is 0.0609 e. The molecule has 0 bridgehead atoms. The molecular weight excluding hydrogens is 148 g/mol. The Labute approximate surface area is 73.3 Å². The Morgan fingerprint density at radius 3 is 2.25 bits per heavy atom. The minimum absolute atomic E-state index is 0.388.